The van der Waals surface area contributed by atoms with E-state index in [9.17, 15) is 4.79 Å². The van der Waals surface area contributed by atoms with Crippen molar-refractivity contribution in [2.45, 2.75) is 38.6 Å². The molecule has 3 heteroatoms. The third kappa shape index (κ3) is 1.33. The third-order valence-corrected chi connectivity index (χ3v) is 2.97. The highest BCUT2D eigenvalue weighted by Crippen LogP contribution is 2.38. The van der Waals surface area contributed by atoms with Crippen molar-refractivity contribution in [1.29, 1.82) is 0 Å². The fourth-order valence-electron chi connectivity index (χ4n) is 2.25. The number of hydrogen-bond acceptors (Lipinski definition) is 2. The molecule has 0 heterocycles. The molecule has 1 saturated carbocycles. The van der Waals surface area contributed by atoms with Crippen molar-refractivity contribution in [2.75, 3.05) is 0 Å². The summed E-state index contributed by atoms with van der Waals surface area (Å²) in [4.78, 5) is 10.9. The monoisotopic (exact) mass is 171 g/mol. The predicted octanol–water partition coefficient (Wildman–Crippen LogP) is 1.22. The Morgan fingerprint density at radius 2 is 2.25 bits per heavy atom. The summed E-state index contributed by atoms with van der Waals surface area (Å²) in [5.74, 6) is -0.317. The first-order valence-electron chi connectivity index (χ1n) is 4.50. The van der Waals surface area contributed by atoms with Gasteiger partial charge in [-0.15, -0.1) is 0 Å². The molecule has 0 amide bonds. The predicted molar refractivity (Wildman–Crippen MR) is 46.7 cm³/mol. The summed E-state index contributed by atoms with van der Waals surface area (Å²) in [7, 11) is 0. The van der Waals surface area contributed by atoms with Crippen LogP contribution in [0, 0.1) is 11.8 Å². The van der Waals surface area contributed by atoms with E-state index in [0.717, 1.165) is 12.8 Å². The van der Waals surface area contributed by atoms with Gasteiger partial charge in [0.15, 0.2) is 0 Å². The lowest BCUT2D eigenvalue weighted by Crippen LogP contribution is -2.52. The summed E-state index contributed by atoms with van der Waals surface area (Å²) in [6.45, 7) is 4.08. The van der Waals surface area contributed by atoms with Gasteiger partial charge in [0.25, 0.3) is 0 Å². The minimum absolute atomic E-state index is 0.148. The molecular formula is C9H17NO2. The highest BCUT2D eigenvalue weighted by Gasteiger charge is 2.46. The summed E-state index contributed by atoms with van der Waals surface area (Å²) in [6.07, 6.45) is 2.54. The summed E-state index contributed by atoms with van der Waals surface area (Å²) in [6, 6.07) is 0. The molecular weight excluding hydrogens is 154 g/mol. The van der Waals surface area contributed by atoms with Gasteiger partial charge in [-0.2, -0.15) is 0 Å². The quantitative estimate of drug-likeness (QED) is 0.656. The van der Waals surface area contributed by atoms with Crippen LogP contribution in [0.5, 0.6) is 0 Å². The van der Waals surface area contributed by atoms with Crippen molar-refractivity contribution in [3.05, 3.63) is 0 Å². The van der Waals surface area contributed by atoms with Crippen LogP contribution in [0.15, 0.2) is 0 Å². The molecule has 1 aliphatic rings. The van der Waals surface area contributed by atoms with Crippen LogP contribution < -0.4 is 5.73 Å². The van der Waals surface area contributed by atoms with E-state index in [1.165, 1.54) is 0 Å². The molecule has 0 aliphatic heterocycles. The van der Waals surface area contributed by atoms with Crippen LogP contribution in [-0.4, -0.2) is 16.6 Å². The van der Waals surface area contributed by atoms with Gasteiger partial charge >= 0.3 is 5.97 Å². The first-order valence-corrected chi connectivity index (χ1v) is 4.50. The number of hydrogen-bond donors (Lipinski definition) is 2. The highest BCUT2D eigenvalue weighted by atomic mass is 16.4. The van der Waals surface area contributed by atoms with E-state index in [-0.39, 0.29) is 5.92 Å². The van der Waals surface area contributed by atoms with Crippen LogP contribution in [0.1, 0.15) is 33.1 Å². The second-order valence-corrected chi connectivity index (χ2v) is 4.09. The Morgan fingerprint density at radius 1 is 1.67 bits per heavy atom. The van der Waals surface area contributed by atoms with Crippen molar-refractivity contribution in [3.8, 4) is 0 Å². The molecule has 12 heavy (non-hydrogen) atoms. The number of carboxylic acids is 1. The second-order valence-electron chi connectivity index (χ2n) is 4.09. The molecule has 0 radical (unpaired) electrons. The Bertz CT molecular complexity index is 191. The molecule has 2 unspecified atom stereocenters. The van der Waals surface area contributed by atoms with Gasteiger partial charge in [0.2, 0.25) is 0 Å². The number of aliphatic carboxylic acids is 1. The van der Waals surface area contributed by atoms with Gasteiger partial charge in [-0.3, -0.25) is 4.79 Å². The standard InChI is InChI=1S/C9H17NO2/c1-6(2)7-4-3-5-9(7,10)8(11)12/h6-7H,3-5,10H2,1-2H3,(H,11,12). The maximum absolute atomic E-state index is 10.9. The number of nitrogens with two attached hydrogens (primary N) is 1. The topological polar surface area (TPSA) is 63.3 Å². The lowest BCUT2D eigenvalue weighted by atomic mass is 9.80. The fraction of sp³-hybridized carbons (Fsp3) is 0.889. The normalized spacial score (nSPS) is 35.8. The first kappa shape index (κ1) is 9.52. The molecule has 0 saturated heterocycles. The maximum Gasteiger partial charge on any atom is 0.323 e. The smallest absolute Gasteiger partial charge is 0.323 e. The van der Waals surface area contributed by atoms with Gasteiger partial charge in [0.1, 0.15) is 5.54 Å². The van der Waals surface area contributed by atoms with Crippen molar-refractivity contribution >= 4 is 5.97 Å². The van der Waals surface area contributed by atoms with Crippen LogP contribution in [0.3, 0.4) is 0 Å². The van der Waals surface area contributed by atoms with Gasteiger partial charge in [-0.1, -0.05) is 20.3 Å². The van der Waals surface area contributed by atoms with Crippen LogP contribution in [0.2, 0.25) is 0 Å². The summed E-state index contributed by atoms with van der Waals surface area (Å²) in [5.41, 5.74) is 4.90. The van der Waals surface area contributed by atoms with Crippen molar-refractivity contribution in [2.24, 2.45) is 17.6 Å². The van der Waals surface area contributed by atoms with E-state index in [1.54, 1.807) is 0 Å². The van der Waals surface area contributed by atoms with Crippen LogP contribution in [0.4, 0.5) is 0 Å². The average Bonchev–Trinajstić information content (AvgIpc) is 2.32. The molecule has 70 valence electrons. The van der Waals surface area contributed by atoms with Crippen molar-refractivity contribution in [3.63, 3.8) is 0 Å². The molecule has 0 aromatic carbocycles. The van der Waals surface area contributed by atoms with Crippen molar-refractivity contribution in [1.82, 2.24) is 0 Å². The Kier molecular flexibility index (Phi) is 2.42. The first-order chi connectivity index (χ1) is 5.48. The molecule has 0 bridgehead atoms. The number of carbonyl (C=O) groups is 1. The zero-order chi connectivity index (χ0) is 9.35. The molecule has 0 aromatic rings. The van der Waals surface area contributed by atoms with Crippen molar-refractivity contribution < 1.29 is 9.90 Å². The SMILES string of the molecule is CC(C)C1CCCC1(N)C(=O)O. The van der Waals surface area contributed by atoms with E-state index in [1.807, 2.05) is 13.8 Å². The lowest BCUT2D eigenvalue weighted by Gasteiger charge is -2.29. The zero-order valence-corrected chi connectivity index (χ0v) is 7.71. The Morgan fingerprint density at radius 3 is 2.58 bits per heavy atom. The Balaban J connectivity index is 2.81. The van der Waals surface area contributed by atoms with Gasteiger partial charge in [-0.05, 0) is 24.7 Å². The van der Waals surface area contributed by atoms with Gasteiger partial charge < -0.3 is 10.8 Å². The molecule has 2 atom stereocenters. The third-order valence-electron chi connectivity index (χ3n) is 2.97. The minimum Gasteiger partial charge on any atom is -0.480 e. The summed E-state index contributed by atoms with van der Waals surface area (Å²) in [5, 5.41) is 8.97. The molecule has 3 N–H and O–H groups in total. The maximum atomic E-state index is 10.9. The molecule has 1 fully saturated rings. The molecule has 0 aromatic heterocycles. The van der Waals surface area contributed by atoms with Crippen LogP contribution >= 0.6 is 0 Å². The number of carboxylic acid groups (broad SMARTS) is 1. The Labute approximate surface area is 72.9 Å². The molecule has 3 nitrogen and oxygen atoms in total. The van der Waals surface area contributed by atoms with Gasteiger partial charge in [0, 0.05) is 0 Å². The fourth-order valence-corrected chi connectivity index (χ4v) is 2.25. The average molecular weight is 171 g/mol. The number of rotatable bonds is 2. The second kappa shape index (κ2) is 3.05. The van der Waals surface area contributed by atoms with Crippen LogP contribution in [-0.2, 0) is 4.79 Å². The molecule has 1 aliphatic carbocycles. The van der Waals surface area contributed by atoms with E-state index in [2.05, 4.69) is 0 Å². The zero-order valence-electron chi connectivity index (χ0n) is 7.71. The molecule has 1 rings (SSSR count). The largest absolute Gasteiger partial charge is 0.480 e. The lowest BCUT2D eigenvalue weighted by molar-refractivity contribution is -0.145. The van der Waals surface area contributed by atoms with Gasteiger partial charge in [0.05, 0.1) is 0 Å². The van der Waals surface area contributed by atoms with Crippen LogP contribution in [0.25, 0.3) is 0 Å². The summed E-state index contributed by atoms with van der Waals surface area (Å²) < 4.78 is 0. The summed E-state index contributed by atoms with van der Waals surface area (Å²) >= 11 is 0. The van der Waals surface area contributed by atoms with E-state index < -0.39 is 11.5 Å². The Hall–Kier alpha value is -0.570. The van der Waals surface area contributed by atoms with E-state index in [0.29, 0.717) is 12.3 Å². The van der Waals surface area contributed by atoms with E-state index in [4.69, 9.17) is 10.8 Å². The van der Waals surface area contributed by atoms with Gasteiger partial charge in [-0.25, -0.2) is 0 Å². The van der Waals surface area contributed by atoms with E-state index >= 15 is 0 Å². The minimum atomic E-state index is -0.950. The molecule has 0 spiro atoms. The highest BCUT2D eigenvalue weighted by molar-refractivity contribution is 5.79.